The molecular formula is C10H10Cl4O2. The third-order valence-corrected chi connectivity index (χ3v) is 3.09. The van der Waals surface area contributed by atoms with Gasteiger partial charge in [-0.2, -0.15) is 0 Å². The third-order valence-electron chi connectivity index (χ3n) is 2.08. The second kappa shape index (κ2) is 5.76. The van der Waals surface area contributed by atoms with Crippen LogP contribution < -0.4 is 0 Å². The van der Waals surface area contributed by atoms with Gasteiger partial charge in [-0.25, -0.2) is 0 Å². The van der Waals surface area contributed by atoms with E-state index in [1.54, 1.807) is 24.3 Å². The Bertz CT molecular complexity index is 334. The minimum Gasteiger partial charge on any atom is -0.389 e. The summed E-state index contributed by atoms with van der Waals surface area (Å²) in [4.78, 5) is 0. The van der Waals surface area contributed by atoms with Crippen molar-refractivity contribution in [1.82, 2.24) is 0 Å². The zero-order chi connectivity index (χ0) is 12.3. The van der Waals surface area contributed by atoms with Crippen LogP contribution in [-0.4, -0.2) is 20.1 Å². The van der Waals surface area contributed by atoms with Gasteiger partial charge in [0.25, 0.3) is 0 Å². The molecule has 0 heterocycles. The van der Waals surface area contributed by atoms with Gasteiger partial charge in [0, 0.05) is 11.4 Å². The quantitative estimate of drug-likeness (QED) is 0.839. The summed E-state index contributed by atoms with van der Waals surface area (Å²) in [5, 5.41) is 19.8. The largest absolute Gasteiger partial charge is 0.389 e. The molecule has 0 bridgehead atoms. The lowest BCUT2D eigenvalue weighted by atomic mass is 10.0. The number of aliphatic hydroxyl groups excluding tert-OH is 2. The van der Waals surface area contributed by atoms with E-state index < -0.39 is 16.0 Å². The van der Waals surface area contributed by atoms with Crippen molar-refractivity contribution >= 4 is 46.4 Å². The van der Waals surface area contributed by atoms with Gasteiger partial charge in [0.1, 0.15) is 6.10 Å². The highest BCUT2D eigenvalue weighted by atomic mass is 35.6. The molecular weight excluding hydrogens is 294 g/mol. The van der Waals surface area contributed by atoms with Crippen LogP contribution in [0.15, 0.2) is 24.3 Å². The van der Waals surface area contributed by atoms with Gasteiger partial charge >= 0.3 is 0 Å². The number of alkyl halides is 3. The maximum Gasteiger partial charge on any atom is 0.216 e. The van der Waals surface area contributed by atoms with E-state index in [1.807, 2.05) is 0 Å². The lowest BCUT2D eigenvalue weighted by molar-refractivity contribution is 0.0826. The maximum atomic E-state index is 9.77. The fraction of sp³-hybridized carbons (Fsp3) is 0.400. The molecule has 1 rings (SSSR count). The molecule has 0 saturated heterocycles. The standard InChI is InChI=1S/C10H10Cl4O2/c11-7-3-1-6(2-4-7)8(15)5-9(16)10(12,13)14/h1-4,8-9,15-16H,5H2. The number of rotatable bonds is 3. The Labute approximate surface area is 114 Å². The van der Waals surface area contributed by atoms with Crippen LogP contribution in [0, 0.1) is 0 Å². The van der Waals surface area contributed by atoms with Crippen molar-refractivity contribution in [3.05, 3.63) is 34.9 Å². The Morgan fingerprint density at radius 2 is 1.56 bits per heavy atom. The highest BCUT2D eigenvalue weighted by Crippen LogP contribution is 2.34. The smallest absolute Gasteiger partial charge is 0.216 e. The fourth-order valence-corrected chi connectivity index (χ4v) is 1.56. The minimum absolute atomic E-state index is 0.0574. The van der Waals surface area contributed by atoms with Crippen LogP contribution in [0.3, 0.4) is 0 Å². The summed E-state index contributed by atoms with van der Waals surface area (Å²) in [5.41, 5.74) is 0.609. The average molecular weight is 304 g/mol. The number of halogens is 4. The maximum absolute atomic E-state index is 9.77. The highest BCUT2D eigenvalue weighted by molar-refractivity contribution is 6.68. The predicted octanol–water partition coefficient (Wildman–Crippen LogP) is 3.49. The fourth-order valence-electron chi connectivity index (χ4n) is 1.17. The summed E-state index contributed by atoms with van der Waals surface area (Å²) in [6.07, 6.45) is -2.19. The molecule has 2 N–H and O–H groups in total. The first-order valence-corrected chi connectivity index (χ1v) is 6.00. The number of aliphatic hydroxyl groups is 2. The van der Waals surface area contributed by atoms with Gasteiger partial charge in [-0.3, -0.25) is 0 Å². The Balaban J connectivity index is 2.65. The van der Waals surface area contributed by atoms with Crippen molar-refractivity contribution in [2.45, 2.75) is 22.4 Å². The molecule has 2 atom stereocenters. The molecule has 0 saturated carbocycles. The van der Waals surface area contributed by atoms with Crippen molar-refractivity contribution < 1.29 is 10.2 Å². The first kappa shape index (κ1) is 14.4. The molecule has 0 aliphatic heterocycles. The summed E-state index contributed by atoms with van der Waals surface area (Å²) < 4.78 is -1.80. The predicted molar refractivity (Wildman–Crippen MR) is 67.3 cm³/mol. The van der Waals surface area contributed by atoms with Gasteiger partial charge in [-0.15, -0.1) is 0 Å². The summed E-state index contributed by atoms with van der Waals surface area (Å²) in [6, 6.07) is 6.58. The summed E-state index contributed by atoms with van der Waals surface area (Å²) in [5.74, 6) is 0. The van der Waals surface area contributed by atoms with E-state index in [-0.39, 0.29) is 6.42 Å². The Morgan fingerprint density at radius 3 is 2.00 bits per heavy atom. The van der Waals surface area contributed by atoms with E-state index in [2.05, 4.69) is 0 Å². The molecule has 0 radical (unpaired) electrons. The summed E-state index contributed by atoms with van der Waals surface area (Å²) in [6.45, 7) is 0. The first-order chi connectivity index (χ1) is 7.30. The number of hydrogen-bond acceptors (Lipinski definition) is 2. The van der Waals surface area contributed by atoms with Crippen LogP contribution >= 0.6 is 46.4 Å². The van der Waals surface area contributed by atoms with E-state index >= 15 is 0 Å². The Hall–Kier alpha value is 0.300. The van der Waals surface area contributed by atoms with Crippen LogP contribution in [0.1, 0.15) is 18.1 Å². The summed E-state index contributed by atoms with van der Waals surface area (Å²) >= 11 is 22.2. The first-order valence-electron chi connectivity index (χ1n) is 4.49. The number of hydrogen-bond donors (Lipinski definition) is 2. The Morgan fingerprint density at radius 1 is 1.06 bits per heavy atom. The van der Waals surface area contributed by atoms with Crippen LogP contribution in [0.4, 0.5) is 0 Å². The van der Waals surface area contributed by atoms with Crippen LogP contribution in [0.2, 0.25) is 5.02 Å². The molecule has 1 aromatic rings. The van der Waals surface area contributed by atoms with E-state index in [1.165, 1.54) is 0 Å². The monoisotopic (exact) mass is 302 g/mol. The molecule has 2 unspecified atom stereocenters. The summed E-state index contributed by atoms with van der Waals surface area (Å²) in [7, 11) is 0. The molecule has 1 aromatic carbocycles. The van der Waals surface area contributed by atoms with Gasteiger partial charge in [0.05, 0.1) is 6.10 Å². The second-order valence-electron chi connectivity index (χ2n) is 3.36. The van der Waals surface area contributed by atoms with Crippen molar-refractivity contribution in [2.24, 2.45) is 0 Å². The van der Waals surface area contributed by atoms with E-state index in [0.29, 0.717) is 10.6 Å². The molecule has 0 aromatic heterocycles. The van der Waals surface area contributed by atoms with Crippen molar-refractivity contribution in [2.75, 3.05) is 0 Å². The zero-order valence-corrected chi connectivity index (χ0v) is 11.1. The SMILES string of the molecule is OC(CC(O)C(Cl)(Cl)Cl)c1ccc(Cl)cc1. The van der Waals surface area contributed by atoms with Gasteiger partial charge in [-0.05, 0) is 17.7 Å². The minimum atomic E-state index is -1.80. The molecule has 0 fully saturated rings. The van der Waals surface area contributed by atoms with Crippen molar-refractivity contribution in [1.29, 1.82) is 0 Å². The van der Waals surface area contributed by atoms with E-state index in [4.69, 9.17) is 46.4 Å². The molecule has 0 aliphatic rings. The zero-order valence-electron chi connectivity index (χ0n) is 8.08. The lowest BCUT2D eigenvalue weighted by Gasteiger charge is -2.21. The van der Waals surface area contributed by atoms with Crippen molar-refractivity contribution in [3.63, 3.8) is 0 Å². The second-order valence-corrected chi connectivity index (χ2v) is 6.17. The molecule has 0 amide bonds. The van der Waals surface area contributed by atoms with Crippen LogP contribution in [-0.2, 0) is 0 Å². The molecule has 6 heteroatoms. The van der Waals surface area contributed by atoms with Crippen molar-refractivity contribution in [3.8, 4) is 0 Å². The molecule has 90 valence electrons. The van der Waals surface area contributed by atoms with Gasteiger partial charge < -0.3 is 10.2 Å². The third kappa shape index (κ3) is 4.28. The number of benzene rings is 1. The van der Waals surface area contributed by atoms with Crippen LogP contribution in [0.25, 0.3) is 0 Å². The Kier molecular flexibility index (Phi) is 5.17. The molecule has 2 nitrogen and oxygen atoms in total. The highest BCUT2D eigenvalue weighted by Gasteiger charge is 2.32. The van der Waals surface area contributed by atoms with Gasteiger partial charge in [-0.1, -0.05) is 58.5 Å². The lowest BCUT2D eigenvalue weighted by Crippen LogP contribution is -2.27. The topological polar surface area (TPSA) is 40.5 Å². The normalized spacial score (nSPS) is 15.9. The average Bonchev–Trinajstić information content (AvgIpc) is 2.17. The van der Waals surface area contributed by atoms with Gasteiger partial charge in [0.15, 0.2) is 0 Å². The molecule has 0 spiro atoms. The molecule has 16 heavy (non-hydrogen) atoms. The molecule has 0 aliphatic carbocycles. The van der Waals surface area contributed by atoms with E-state index in [0.717, 1.165) is 0 Å². The van der Waals surface area contributed by atoms with Gasteiger partial charge in [0.2, 0.25) is 3.79 Å². The van der Waals surface area contributed by atoms with E-state index in [9.17, 15) is 10.2 Å². The van der Waals surface area contributed by atoms with Crippen LogP contribution in [0.5, 0.6) is 0 Å².